The standard InChI is InChI=1S/C13H26N2O2/c1-3-13(4-2,11-16)14-12(17)7-10-15-8-5-6-9-15/h16H,3-11H2,1-2H3,(H,14,17). The number of carbonyl (C=O) groups excluding carboxylic acids is 1. The fourth-order valence-electron chi connectivity index (χ4n) is 2.31. The Morgan fingerprint density at radius 3 is 2.35 bits per heavy atom. The van der Waals surface area contributed by atoms with Crippen molar-refractivity contribution in [3.05, 3.63) is 0 Å². The van der Waals surface area contributed by atoms with Crippen LogP contribution in [0.2, 0.25) is 0 Å². The lowest BCUT2D eigenvalue weighted by Gasteiger charge is -2.31. The molecule has 1 amide bonds. The average Bonchev–Trinajstić information content (AvgIpc) is 2.87. The molecule has 0 aromatic carbocycles. The third-order valence-electron chi connectivity index (χ3n) is 3.91. The van der Waals surface area contributed by atoms with E-state index in [0.717, 1.165) is 32.5 Å². The summed E-state index contributed by atoms with van der Waals surface area (Å²) in [6, 6.07) is 0. The van der Waals surface area contributed by atoms with Gasteiger partial charge in [-0.2, -0.15) is 0 Å². The van der Waals surface area contributed by atoms with E-state index in [1.807, 2.05) is 13.8 Å². The highest BCUT2D eigenvalue weighted by Gasteiger charge is 2.27. The van der Waals surface area contributed by atoms with Gasteiger partial charge in [0.05, 0.1) is 12.1 Å². The zero-order valence-corrected chi connectivity index (χ0v) is 11.2. The first-order valence-electron chi connectivity index (χ1n) is 6.80. The Balaban J connectivity index is 2.31. The van der Waals surface area contributed by atoms with Crippen molar-refractivity contribution < 1.29 is 9.90 Å². The molecule has 0 spiro atoms. The van der Waals surface area contributed by atoms with Gasteiger partial charge in [0.2, 0.25) is 5.91 Å². The van der Waals surface area contributed by atoms with Crippen LogP contribution < -0.4 is 5.32 Å². The van der Waals surface area contributed by atoms with Gasteiger partial charge in [-0.15, -0.1) is 0 Å². The predicted molar refractivity (Wildman–Crippen MR) is 68.8 cm³/mol. The van der Waals surface area contributed by atoms with Crippen LogP contribution in [0.25, 0.3) is 0 Å². The molecular weight excluding hydrogens is 216 g/mol. The number of hydrogen-bond donors (Lipinski definition) is 2. The minimum Gasteiger partial charge on any atom is -0.394 e. The van der Waals surface area contributed by atoms with Gasteiger partial charge in [0.1, 0.15) is 0 Å². The number of nitrogens with one attached hydrogen (secondary N) is 1. The molecule has 0 aromatic rings. The molecule has 0 aromatic heterocycles. The molecule has 1 saturated heterocycles. The Morgan fingerprint density at radius 2 is 1.88 bits per heavy atom. The second-order valence-corrected chi connectivity index (χ2v) is 4.99. The van der Waals surface area contributed by atoms with E-state index in [9.17, 15) is 9.90 Å². The summed E-state index contributed by atoms with van der Waals surface area (Å²) in [7, 11) is 0. The van der Waals surface area contributed by atoms with Gasteiger partial charge in [-0.25, -0.2) is 0 Å². The Bertz CT molecular complexity index is 225. The molecule has 2 N–H and O–H groups in total. The monoisotopic (exact) mass is 242 g/mol. The topological polar surface area (TPSA) is 52.6 Å². The van der Waals surface area contributed by atoms with Crippen molar-refractivity contribution in [3.63, 3.8) is 0 Å². The van der Waals surface area contributed by atoms with Crippen LogP contribution in [-0.2, 0) is 4.79 Å². The lowest BCUT2D eigenvalue weighted by molar-refractivity contribution is -0.124. The Hall–Kier alpha value is -0.610. The molecule has 0 aliphatic carbocycles. The first-order chi connectivity index (χ1) is 8.15. The SMILES string of the molecule is CCC(CC)(CO)NC(=O)CCN1CCCC1. The largest absolute Gasteiger partial charge is 0.394 e. The van der Waals surface area contributed by atoms with Crippen LogP contribution in [0.3, 0.4) is 0 Å². The van der Waals surface area contributed by atoms with Crippen LogP contribution in [0.1, 0.15) is 46.0 Å². The van der Waals surface area contributed by atoms with Crippen molar-refractivity contribution in [1.29, 1.82) is 0 Å². The van der Waals surface area contributed by atoms with E-state index >= 15 is 0 Å². The zero-order valence-electron chi connectivity index (χ0n) is 11.2. The quantitative estimate of drug-likeness (QED) is 0.704. The smallest absolute Gasteiger partial charge is 0.221 e. The highest BCUT2D eigenvalue weighted by Crippen LogP contribution is 2.14. The van der Waals surface area contributed by atoms with Crippen LogP contribution in [0.5, 0.6) is 0 Å². The van der Waals surface area contributed by atoms with Gasteiger partial charge in [-0.05, 0) is 38.8 Å². The fraction of sp³-hybridized carbons (Fsp3) is 0.923. The summed E-state index contributed by atoms with van der Waals surface area (Å²) in [5, 5.41) is 12.4. The Labute approximate surface area is 104 Å². The average molecular weight is 242 g/mol. The Kier molecular flexibility index (Phi) is 5.92. The number of rotatable bonds is 7. The van der Waals surface area contributed by atoms with E-state index in [2.05, 4.69) is 10.2 Å². The van der Waals surface area contributed by atoms with E-state index in [4.69, 9.17) is 0 Å². The number of carbonyl (C=O) groups is 1. The van der Waals surface area contributed by atoms with Crippen molar-refractivity contribution >= 4 is 5.91 Å². The lowest BCUT2D eigenvalue weighted by Crippen LogP contribution is -2.51. The summed E-state index contributed by atoms with van der Waals surface area (Å²) >= 11 is 0. The van der Waals surface area contributed by atoms with Crippen molar-refractivity contribution in [3.8, 4) is 0 Å². The maximum Gasteiger partial charge on any atom is 0.221 e. The van der Waals surface area contributed by atoms with Gasteiger partial charge in [0, 0.05) is 13.0 Å². The molecule has 0 bridgehead atoms. The van der Waals surface area contributed by atoms with Gasteiger partial charge >= 0.3 is 0 Å². The molecule has 0 unspecified atom stereocenters. The van der Waals surface area contributed by atoms with Crippen LogP contribution in [0, 0.1) is 0 Å². The van der Waals surface area contributed by atoms with Gasteiger partial charge in [-0.3, -0.25) is 4.79 Å². The van der Waals surface area contributed by atoms with Crippen LogP contribution in [0.15, 0.2) is 0 Å². The van der Waals surface area contributed by atoms with Crippen molar-refractivity contribution in [2.75, 3.05) is 26.2 Å². The lowest BCUT2D eigenvalue weighted by atomic mass is 9.93. The normalized spacial score (nSPS) is 17.4. The summed E-state index contributed by atoms with van der Waals surface area (Å²) in [6.07, 6.45) is 4.60. The minimum atomic E-state index is -0.415. The molecule has 1 aliphatic heterocycles. The zero-order chi connectivity index (χ0) is 12.7. The molecular formula is C13H26N2O2. The van der Waals surface area contributed by atoms with Gasteiger partial charge in [-0.1, -0.05) is 13.8 Å². The second-order valence-electron chi connectivity index (χ2n) is 4.99. The third-order valence-corrected chi connectivity index (χ3v) is 3.91. The highest BCUT2D eigenvalue weighted by molar-refractivity contribution is 5.77. The number of aliphatic hydroxyl groups excluding tert-OH is 1. The fourth-order valence-corrected chi connectivity index (χ4v) is 2.31. The third kappa shape index (κ3) is 4.28. The predicted octanol–water partition coefficient (Wildman–Crippen LogP) is 1.14. The van der Waals surface area contributed by atoms with Gasteiger partial charge in [0.15, 0.2) is 0 Å². The summed E-state index contributed by atoms with van der Waals surface area (Å²) < 4.78 is 0. The molecule has 1 aliphatic rings. The molecule has 0 radical (unpaired) electrons. The van der Waals surface area contributed by atoms with Crippen molar-refractivity contribution in [2.24, 2.45) is 0 Å². The maximum atomic E-state index is 11.8. The molecule has 0 saturated carbocycles. The summed E-state index contributed by atoms with van der Waals surface area (Å²) in [4.78, 5) is 14.2. The van der Waals surface area contributed by atoms with E-state index in [0.29, 0.717) is 6.42 Å². The number of amides is 1. The van der Waals surface area contributed by atoms with Crippen molar-refractivity contribution in [2.45, 2.75) is 51.5 Å². The van der Waals surface area contributed by atoms with E-state index < -0.39 is 5.54 Å². The number of likely N-dealkylation sites (tertiary alicyclic amines) is 1. The Morgan fingerprint density at radius 1 is 1.29 bits per heavy atom. The molecule has 4 heteroatoms. The molecule has 4 nitrogen and oxygen atoms in total. The molecule has 100 valence electrons. The number of hydrogen-bond acceptors (Lipinski definition) is 3. The molecule has 1 heterocycles. The molecule has 0 atom stereocenters. The van der Waals surface area contributed by atoms with E-state index in [-0.39, 0.29) is 12.5 Å². The number of aliphatic hydroxyl groups is 1. The highest BCUT2D eigenvalue weighted by atomic mass is 16.3. The molecule has 17 heavy (non-hydrogen) atoms. The minimum absolute atomic E-state index is 0.0233. The summed E-state index contributed by atoms with van der Waals surface area (Å²) in [6.45, 7) is 7.12. The first-order valence-corrected chi connectivity index (χ1v) is 6.80. The van der Waals surface area contributed by atoms with Crippen molar-refractivity contribution in [1.82, 2.24) is 10.2 Å². The van der Waals surface area contributed by atoms with Gasteiger partial charge in [0.25, 0.3) is 0 Å². The first kappa shape index (κ1) is 14.5. The van der Waals surface area contributed by atoms with Crippen LogP contribution >= 0.6 is 0 Å². The number of nitrogens with zero attached hydrogens (tertiary/aromatic N) is 1. The van der Waals surface area contributed by atoms with E-state index in [1.165, 1.54) is 12.8 Å². The second kappa shape index (κ2) is 6.97. The maximum absolute atomic E-state index is 11.8. The summed E-state index contributed by atoms with van der Waals surface area (Å²) in [5.41, 5.74) is -0.415. The summed E-state index contributed by atoms with van der Waals surface area (Å²) in [5.74, 6) is 0.0645. The van der Waals surface area contributed by atoms with Gasteiger partial charge < -0.3 is 15.3 Å². The molecule has 1 rings (SSSR count). The van der Waals surface area contributed by atoms with Crippen LogP contribution in [0.4, 0.5) is 0 Å². The van der Waals surface area contributed by atoms with Crippen LogP contribution in [-0.4, -0.2) is 47.7 Å². The van der Waals surface area contributed by atoms with E-state index in [1.54, 1.807) is 0 Å². The molecule has 1 fully saturated rings.